The third-order valence-electron chi connectivity index (χ3n) is 5.86. The van der Waals surface area contributed by atoms with Gasteiger partial charge in [0.05, 0.1) is 28.6 Å². The molecule has 4 heterocycles. The largest absolute Gasteiger partial charge is 0.333 e. The molecule has 0 N–H and O–H groups in total. The summed E-state index contributed by atoms with van der Waals surface area (Å²) in [6.07, 6.45) is 8.49. The van der Waals surface area contributed by atoms with E-state index >= 15 is 0 Å². The van der Waals surface area contributed by atoms with E-state index in [1.807, 2.05) is 56.3 Å². The summed E-state index contributed by atoms with van der Waals surface area (Å²) in [5.41, 5.74) is 5.17. The number of aryl methyl sites for hydroxylation is 1. The molecular formula is C26H21N7O. The molecule has 5 aromatic rings. The van der Waals surface area contributed by atoms with E-state index in [1.54, 1.807) is 42.6 Å². The van der Waals surface area contributed by atoms with Crippen molar-refractivity contribution >= 4 is 11.2 Å². The maximum Gasteiger partial charge on any atom is 0.333 e. The molecule has 4 aromatic heterocycles. The highest BCUT2D eigenvalue weighted by atomic mass is 16.1. The number of hydrogen-bond donors (Lipinski definition) is 0. The second kappa shape index (κ2) is 8.05. The summed E-state index contributed by atoms with van der Waals surface area (Å²) in [6.45, 7) is 3.73. The Labute approximate surface area is 195 Å². The molecule has 0 fully saturated rings. The first-order valence-corrected chi connectivity index (χ1v) is 10.7. The fraction of sp³-hybridized carbons (Fsp3) is 0.154. The first-order chi connectivity index (χ1) is 16.4. The van der Waals surface area contributed by atoms with Gasteiger partial charge in [-0.05, 0) is 55.3 Å². The summed E-state index contributed by atoms with van der Waals surface area (Å²) >= 11 is 0. The van der Waals surface area contributed by atoms with Gasteiger partial charge in [-0.25, -0.2) is 14.8 Å². The molecule has 0 aliphatic carbocycles. The maximum atomic E-state index is 13.0. The van der Waals surface area contributed by atoms with Crippen LogP contribution in [0.5, 0.6) is 0 Å². The first-order valence-electron chi connectivity index (χ1n) is 10.7. The van der Waals surface area contributed by atoms with Crippen LogP contribution in [-0.4, -0.2) is 29.1 Å². The molecule has 0 aliphatic rings. The van der Waals surface area contributed by atoms with Crippen molar-refractivity contribution in [2.24, 2.45) is 7.05 Å². The number of aromatic nitrogens is 6. The number of pyridine rings is 2. The minimum Gasteiger partial charge on any atom is -0.301 e. The van der Waals surface area contributed by atoms with Crippen LogP contribution in [-0.2, 0) is 12.5 Å². The third-order valence-corrected chi connectivity index (χ3v) is 5.86. The molecule has 5 rings (SSSR count). The molecule has 8 nitrogen and oxygen atoms in total. The molecule has 34 heavy (non-hydrogen) atoms. The van der Waals surface area contributed by atoms with Crippen LogP contribution in [0.15, 0.2) is 78.2 Å². The van der Waals surface area contributed by atoms with Crippen molar-refractivity contribution in [1.82, 2.24) is 29.1 Å². The van der Waals surface area contributed by atoms with Gasteiger partial charge in [-0.3, -0.25) is 14.5 Å². The van der Waals surface area contributed by atoms with E-state index in [0.717, 1.165) is 16.7 Å². The van der Waals surface area contributed by atoms with Crippen LogP contribution >= 0.6 is 0 Å². The number of hydrogen-bond acceptors (Lipinski definition) is 6. The molecule has 0 spiro atoms. The van der Waals surface area contributed by atoms with E-state index in [1.165, 1.54) is 4.57 Å². The van der Waals surface area contributed by atoms with Gasteiger partial charge in [-0.2, -0.15) is 5.26 Å². The van der Waals surface area contributed by atoms with Crippen molar-refractivity contribution in [3.63, 3.8) is 0 Å². The summed E-state index contributed by atoms with van der Waals surface area (Å²) in [5, 5.41) is 9.42. The number of fused-ring (bicyclic) bond motifs is 1. The molecule has 0 bridgehead atoms. The first kappa shape index (κ1) is 21.2. The normalized spacial score (nSPS) is 11.5. The lowest BCUT2D eigenvalue weighted by molar-refractivity contribution is 0.686. The van der Waals surface area contributed by atoms with E-state index in [4.69, 9.17) is 0 Å². The molecule has 1 aromatic carbocycles. The van der Waals surface area contributed by atoms with Gasteiger partial charge < -0.3 is 4.57 Å². The second-order valence-corrected chi connectivity index (χ2v) is 8.58. The average molecular weight is 448 g/mol. The fourth-order valence-electron chi connectivity index (χ4n) is 3.85. The van der Waals surface area contributed by atoms with Crippen molar-refractivity contribution in [2.75, 3.05) is 0 Å². The fourth-order valence-corrected chi connectivity index (χ4v) is 3.85. The van der Waals surface area contributed by atoms with Crippen molar-refractivity contribution < 1.29 is 0 Å². The smallest absolute Gasteiger partial charge is 0.301 e. The highest BCUT2D eigenvalue weighted by molar-refractivity contribution is 5.78. The molecule has 0 aliphatic heterocycles. The summed E-state index contributed by atoms with van der Waals surface area (Å²) in [7, 11) is 1.71. The van der Waals surface area contributed by atoms with Crippen LogP contribution in [0.1, 0.15) is 19.4 Å². The molecule has 8 heteroatoms. The highest BCUT2D eigenvalue weighted by Gasteiger charge is 2.20. The third kappa shape index (κ3) is 3.63. The van der Waals surface area contributed by atoms with Crippen LogP contribution in [0.3, 0.4) is 0 Å². The zero-order valence-corrected chi connectivity index (χ0v) is 19.0. The molecule has 0 atom stereocenters. The molecular weight excluding hydrogens is 426 g/mol. The predicted molar refractivity (Wildman–Crippen MR) is 129 cm³/mol. The molecule has 166 valence electrons. The Kier molecular flexibility index (Phi) is 5.02. The van der Waals surface area contributed by atoms with Crippen molar-refractivity contribution in [3.8, 4) is 34.3 Å². The Balaban J connectivity index is 1.60. The summed E-state index contributed by atoms with van der Waals surface area (Å²) in [6, 6.07) is 15.5. The maximum absolute atomic E-state index is 13.0. The standard InChI is InChI=1S/C26H21N7O/c1-26(2,16-27)19-4-6-20(7-5-19)33-23(15-32(3)25(33)34)21-12-17(8-9-28-21)18-13-22-24(31-14-18)30-11-10-29-22/h4-15H,1-3H3. The van der Waals surface area contributed by atoms with E-state index in [0.29, 0.717) is 28.2 Å². The quantitative estimate of drug-likeness (QED) is 0.412. The summed E-state index contributed by atoms with van der Waals surface area (Å²) in [5.74, 6) is 0. The van der Waals surface area contributed by atoms with E-state index in [-0.39, 0.29) is 5.69 Å². The van der Waals surface area contributed by atoms with Crippen LogP contribution in [0.25, 0.3) is 39.4 Å². The van der Waals surface area contributed by atoms with Crippen LogP contribution in [0, 0.1) is 11.3 Å². The van der Waals surface area contributed by atoms with Gasteiger partial charge >= 0.3 is 5.69 Å². The summed E-state index contributed by atoms with van der Waals surface area (Å²) in [4.78, 5) is 30.5. The number of imidazole rings is 1. The van der Waals surface area contributed by atoms with Crippen LogP contribution < -0.4 is 5.69 Å². The van der Waals surface area contributed by atoms with Gasteiger partial charge in [0.25, 0.3) is 0 Å². The van der Waals surface area contributed by atoms with Gasteiger partial charge in [0.15, 0.2) is 5.65 Å². The minimum absolute atomic E-state index is 0.183. The minimum atomic E-state index is -0.614. The molecule has 0 unspecified atom stereocenters. The Morgan fingerprint density at radius 3 is 2.44 bits per heavy atom. The van der Waals surface area contributed by atoms with E-state index in [9.17, 15) is 10.1 Å². The number of nitriles is 1. The van der Waals surface area contributed by atoms with Crippen LogP contribution in [0.2, 0.25) is 0 Å². The van der Waals surface area contributed by atoms with Gasteiger partial charge in [-0.15, -0.1) is 0 Å². The lowest BCUT2D eigenvalue weighted by atomic mass is 9.86. The van der Waals surface area contributed by atoms with E-state index < -0.39 is 5.41 Å². The zero-order chi connectivity index (χ0) is 23.9. The van der Waals surface area contributed by atoms with Crippen molar-refractivity contribution in [2.45, 2.75) is 19.3 Å². The van der Waals surface area contributed by atoms with Gasteiger partial charge in [-0.1, -0.05) is 12.1 Å². The Morgan fingerprint density at radius 1 is 0.912 bits per heavy atom. The van der Waals surface area contributed by atoms with E-state index in [2.05, 4.69) is 26.0 Å². The SMILES string of the molecule is Cn1cc(-c2cc(-c3cnc4nccnc4c3)ccn2)n(-c2ccc(C(C)(C)C#N)cc2)c1=O. The monoisotopic (exact) mass is 447 g/mol. The van der Waals surface area contributed by atoms with Gasteiger partial charge in [0.2, 0.25) is 0 Å². The molecule has 0 saturated heterocycles. The van der Waals surface area contributed by atoms with Crippen molar-refractivity contribution in [3.05, 3.63) is 89.5 Å². The lowest BCUT2D eigenvalue weighted by Gasteiger charge is -2.16. The average Bonchev–Trinajstić information content (AvgIpc) is 3.18. The lowest BCUT2D eigenvalue weighted by Crippen LogP contribution is -2.21. The second-order valence-electron chi connectivity index (χ2n) is 8.58. The molecule has 0 radical (unpaired) electrons. The molecule has 0 saturated carbocycles. The Hall–Kier alpha value is -4.64. The summed E-state index contributed by atoms with van der Waals surface area (Å²) < 4.78 is 3.16. The number of benzene rings is 1. The topological polar surface area (TPSA) is 102 Å². The Morgan fingerprint density at radius 2 is 1.68 bits per heavy atom. The molecule has 0 amide bonds. The van der Waals surface area contributed by atoms with Gasteiger partial charge in [0.1, 0.15) is 5.52 Å². The zero-order valence-electron chi connectivity index (χ0n) is 19.0. The number of rotatable bonds is 4. The Bertz CT molecular complexity index is 1620. The van der Waals surface area contributed by atoms with Crippen molar-refractivity contribution in [1.29, 1.82) is 5.26 Å². The highest BCUT2D eigenvalue weighted by Crippen LogP contribution is 2.28. The predicted octanol–water partition coefficient (Wildman–Crippen LogP) is 4.04. The van der Waals surface area contributed by atoms with Gasteiger partial charge in [0, 0.05) is 43.6 Å². The number of nitrogens with zero attached hydrogens (tertiary/aromatic N) is 7. The van der Waals surface area contributed by atoms with Crippen LogP contribution in [0.4, 0.5) is 0 Å².